The second-order valence-corrected chi connectivity index (χ2v) is 3.86. The highest BCUT2D eigenvalue weighted by Crippen LogP contribution is 2.29. The number of hydrogen-bond donors (Lipinski definition) is 2. The monoisotopic (exact) mass is 207 g/mol. The maximum Gasteiger partial charge on any atom is 0.167 e. The third kappa shape index (κ3) is 2.57. The molecule has 0 aliphatic heterocycles. The van der Waals surface area contributed by atoms with Crippen molar-refractivity contribution in [1.29, 1.82) is 0 Å². The summed E-state index contributed by atoms with van der Waals surface area (Å²) < 4.78 is 0. The molecule has 0 saturated carbocycles. The van der Waals surface area contributed by atoms with Gasteiger partial charge in [-0.25, -0.2) is 0 Å². The largest absolute Gasteiger partial charge is 0.507 e. The van der Waals surface area contributed by atoms with Crippen LogP contribution in [0.2, 0.25) is 0 Å². The van der Waals surface area contributed by atoms with Crippen LogP contribution in [0.3, 0.4) is 0 Å². The molecule has 0 radical (unpaired) electrons. The molecule has 1 aromatic rings. The molecular weight excluding hydrogens is 190 g/mol. The van der Waals surface area contributed by atoms with Gasteiger partial charge >= 0.3 is 0 Å². The minimum absolute atomic E-state index is 0.0995. The highest BCUT2D eigenvalue weighted by Gasteiger charge is 2.14. The van der Waals surface area contributed by atoms with Crippen molar-refractivity contribution in [3.05, 3.63) is 29.3 Å². The maximum atomic E-state index is 11.6. The number of rotatable bonds is 4. The van der Waals surface area contributed by atoms with E-state index in [9.17, 15) is 9.90 Å². The van der Waals surface area contributed by atoms with Crippen LogP contribution in [-0.2, 0) is 0 Å². The molecule has 82 valence electrons. The molecular formula is C12H17NO2. The Labute approximate surface area is 89.9 Å². The van der Waals surface area contributed by atoms with Gasteiger partial charge in [0.2, 0.25) is 0 Å². The molecule has 3 nitrogen and oxygen atoms in total. The van der Waals surface area contributed by atoms with Crippen molar-refractivity contribution in [2.24, 2.45) is 5.73 Å². The second kappa shape index (κ2) is 4.94. The highest BCUT2D eigenvalue weighted by molar-refractivity contribution is 5.99. The Morgan fingerprint density at radius 1 is 1.47 bits per heavy atom. The number of hydrogen-bond acceptors (Lipinski definition) is 3. The lowest BCUT2D eigenvalue weighted by Crippen LogP contribution is -2.09. The van der Waals surface area contributed by atoms with Crippen LogP contribution in [0.25, 0.3) is 0 Å². The third-order valence-electron chi connectivity index (χ3n) is 2.36. The number of nitrogens with two attached hydrogens (primary N) is 1. The fourth-order valence-electron chi connectivity index (χ4n) is 1.52. The standard InChI is InChI=1S/C12H17NO2/c1-8(2)9-4-3-5-10(12(9)15)11(14)6-7-13/h3-5,8,15H,6-7,13H2,1-2H3. The van der Waals surface area contributed by atoms with E-state index in [1.807, 2.05) is 19.9 Å². The lowest BCUT2D eigenvalue weighted by molar-refractivity contribution is 0.0982. The zero-order valence-corrected chi connectivity index (χ0v) is 9.16. The maximum absolute atomic E-state index is 11.6. The van der Waals surface area contributed by atoms with Gasteiger partial charge < -0.3 is 10.8 Å². The topological polar surface area (TPSA) is 63.3 Å². The van der Waals surface area contributed by atoms with Gasteiger partial charge in [-0.05, 0) is 24.1 Å². The Hall–Kier alpha value is -1.35. The minimum Gasteiger partial charge on any atom is -0.507 e. The van der Waals surface area contributed by atoms with E-state index < -0.39 is 0 Å². The summed E-state index contributed by atoms with van der Waals surface area (Å²) in [6, 6.07) is 5.26. The van der Waals surface area contributed by atoms with Crippen LogP contribution in [0.4, 0.5) is 0 Å². The zero-order chi connectivity index (χ0) is 11.4. The van der Waals surface area contributed by atoms with E-state index in [-0.39, 0.29) is 23.9 Å². The summed E-state index contributed by atoms with van der Waals surface area (Å²) in [5.74, 6) is 0.207. The Kier molecular flexibility index (Phi) is 3.86. The van der Waals surface area contributed by atoms with Gasteiger partial charge in [-0.1, -0.05) is 26.0 Å². The van der Waals surface area contributed by atoms with Gasteiger partial charge in [0.25, 0.3) is 0 Å². The molecule has 1 aromatic carbocycles. The van der Waals surface area contributed by atoms with E-state index >= 15 is 0 Å². The minimum atomic E-state index is -0.0995. The number of carbonyl (C=O) groups excluding carboxylic acids is 1. The van der Waals surface area contributed by atoms with Gasteiger partial charge in [-0.3, -0.25) is 4.79 Å². The van der Waals surface area contributed by atoms with Gasteiger partial charge in [-0.2, -0.15) is 0 Å². The lowest BCUT2D eigenvalue weighted by Gasteiger charge is -2.11. The van der Waals surface area contributed by atoms with E-state index in [1.54, 1.807) is 12.1 Å². The summed E-state index contributed by atoms with van der Waals surface area (Å²) >= 11 is 0. The van der Waals surface area contributed by atoms with Crippen LogP contribution >= 0.6 is 0 Å². The number of benzene rings is 1. The van der Waals surface area contributed by atoms with Crippen LogP contribution in [-0.4, -0.2) is 17.4 Å². The first-order valence-corrected chi connectivity index (χ1v) is 5.13. The van der Waals surface area contributed by atoms with E-state index in [2.05, 4.69) is 0 Å². The first-order chi connectivity index (χ1) is 7.07. The number of ketones is 1. The number of Topliss-reactive ketones (excluding diaryl/α,β-unsaturated/α-hetero) is 1. The molecule has 0 aliphatic carbocycles. The SMILES string of the molecule is CC(C)c1cccc(C(=O)CCN)c1O. The van der Waals surface area contributed by atoms with Gasteiger partial charge in [0.15, 0.2) is 5.78 Å². The molecule has 1 rings (SSSR count). The Balaban J connectivity index is 3.09. The molecule has 0 spiro atoms. The number of phenols is 1. The average molecular weight is 207 g/mol. The fraction of sp³-hybridized carbons (Fsp3) is 0.417. The van der Waals surface area contributed by atoms with Crippen LogP contribution in [0.1, 0.15) is 42.1 Å². The first kappa shape index (κ1) is 11.7. The van der Waals surface area contributed by atoms with Crippen molar-refractivity contribution in [3.8, 4) is 5.75 Å². The third-order valence-corrected chi connectivity index (χ3v) is 2.36. The molecule has 0 atom stereocenters. The molecule has 0 saturated heterocycles. The molecule has 0 fully saturated rings. The molecule has 0 aromatic heterocycles. The molecule has 0 amide bonds. The summed E-state index contributed by atoms with van der Waals surface area (Å²) in [5.41, 5.74) is 6.50. The van der Waals surface area contributed by atoms with Crippen molar-refractivity contribution >= 4 is 5.78 Å². The normalized spacial score (nSPS) is 10.7. The molecule has 0 unspecified atom stereocenters. The summed E-state index contributed by atoms with van der Waals surface area (Å²) in [4.78, 5) is 11.6. The summed E-state index contributed by atoms with van der Waals surface area (Å²) in [6.07, 6.45) is 0.273. The highest BCUT2D eigenvalue weighted by atomic mass is 16.3. The van der Waals surface area contributed by atoms with Gasteiger partial charge in [-0.15, -0.1) is 0 Å². The quantitative estimate of drug-likeness (QED) is 0.743. The van der Waals surface area contributed by atoms with Crippen molar-refractivity contribution in [2.75, 3.05) is 6.54 Å². The van der Waals surface area contributed by atoms with Crippen LogP contribution in [0.15, 0.2) is 18.2 Å². The number of aromatic hydroxyl groups is 1. The predicted molar refractivity (Wildman–Crippen MR) is 60.2 cm³/mol. The predicted octanol–water partition coefficient (Wildman–Crippen LogP) is 2.05. The molecule has 0 heterocycles. The van der Waals surface area contributed by atoms with E-state index in [1.165, 1.54) is 0 Å². The molecule has 15 heavy (non-hydrogen) atoms. The van der Waals surface area contributed by atoms with Crippen LogP contribution in [0, 0.1) is 0 Å². The fourth-order valence-corrected chi connectivity index (χ4v) is 1.52. The summed E-state index contributed by atoms with van der Waals surface area (Å²) in [6.45, 7) is 4.27. The number of para-hydroxylation sites is 1. The van der Waals surface area contributed by atoms with E-state index in [4.69, 9.17) is 5.73 Å². The second-order valence-electron chi connectivity index (χ2n) is 3.86. The zero-order valence-electron chi connectivity index (χ0n) is 9.16. The number of phenolic OH excluding ortho intramolecular Hbond substituents is 1. The summed E-state index contributed by atoms with van der Waals surface area (Å²) in [7, 11) is 0. The molecule has 0 bridgehead atoms. The first-order valence-electron chi connectivity index (χ1n) is 5.13. The van der Waals surface area contributed by atoms with Crippen molar-refractivity contribution in [3.63, 3.8) is 0 Å². The van der Waals surface area contributed by atoms with Crippen LogP contribution < -0.4 is 5.73 Å². The van der Waals surface area contributed by atoms with Crippen molar-refractivity contribution in [1.82, 2.24) is 0 Å². The van der Waals surface area contributed by atoms with Crippen molar-refractivity contribution < 1.29 is 9.90 Å². The van der Waals surface area contributed by atoms with Crippen LogP contribution in [0.5, 0.6) is 5.75 Å². The lowest BCUT2D eigenvalue weighted by atomic mass is 9.97. The molecule has 3 N–H and O–H groups in total. The van der Waals surface area contributed by atoms with Crippen molar-refractivity contribution in [2.45, 2.75) is 26.2 Å². The van der Waals surface area contributed by atoms with Gasteiger partial charge in [0.1, 0.15) is 5.75 Å². The number of carbonyl (C=O) groups is 1. The van der Waals surface area contributed by atoms with Gasteiger partial charge in [0.05, 0.1) is 5.56 Å². The smallest absolute Gasteiger partial charge is 0.167 e. The molecule has 3 heteroatoms. The Morgan fingerprint density at radius 2 is 2.13 bits per heavy atom. The van der Waals surface area contributed by atoms with E-state index in [0.29, 0.717) is 12.1 Å². The average Bonchev–Trinajstić information content (AvgIpc) is 2.17. The summed E-state index contributed by atoms with van der Waals surface area (Å²) in [5, 5.41) is 9.89. The van der Waals surface area contributed by atoms with E-state index in [0.717, 1.165) is 5.56 Å². The van der Waals surface area contributed by atoms with Gasteiger partial charge in [0, 0.05) is 6.42 Å². The Morgan fingerprint density at radius 3 is 2.67 bits per heavy atom. The molecule has 0 aliphatic rings. The Bertz CT molecular complexity index is 359.